The smallest absolute Gasteiger partial charge is 0.271 e. The zero-order valence-electron chi connectivity index (χ0n) is 15.6. The fourth-order valence-electron chi connectivity index (χ4n) is 3.23. The molecule has 7 heteroatoms. The summed E-state index contributed by atoms with van der Waals surface area (Å²) < 4.78 is 15.3. The minimum absolute atomic E-state index is 0.0317. The molecular formula is C20H23FN4O2. The molecule has 0 spiro atoms. The number of nitro groups is 1. The van der Waals surface area contributed by atoms with E-state index in [1.54, 1.807) is 18.2 Å². The third-order valence-electron chi connectivity index (χ3n) is 4.83. The molecule has 0 fully saturated rings. The highest BCUT2D eigenvalue weighted by molar-refractivity contribution is 5.78. The fraction of sp³-hybridized carbons (Fsp3) is 0.350. The summed E-state index contributed by atoms with van der Waals surface area (Å²) in [5.41, 5.74) is 2.47. The lowest BCUT2D eigenvalue weighted by molar-refractivity contribution is -0.384. The van der Waals surface area contributed by atoms with Gasteiger partial charge in [0.05, 0.1) is 16.0 Å². The third kappa shape index (κ3) is 4.31. The van der Waals surface area contributed by atoms with Gasteiger partial charge in [0.1, 0.15) is 11.6 Å². The van der Waals surface area contributed by atoms with Gasteiger partial charge in [-0.3, -0.25) is 10.1 Å². The van der Waals surface area contributed by atoms with Gasteiger partial charge in [-0.2, -0.15) is 0 Å². The Kier molecular flexibility index (Phi) is 5.81. The highest BCUT2D eigenvalue weighted by atomic mass is 19.1. The van der Waals surface area contributed by atoms with Crippen molar-refractivity contribution in [3.8, 4) is 0 Å². The molecule has 0 aliphatic heterocycles. The number of nitrogens with zero attached hydrogens (tertiary/aromatic N) is 4. The molecule has 142 valence electrons. The maximum Gasteiger partial charge on any atom is 0.271 e. The van der Waals surface area contributed by atoms with Crippen LogP contribution < -0.4 is 0 Å². The first-order valence-corrected chi connectivity index (χ1v) is 9.12. The molecule has 0 N–H and O–H groups in total. The summed E-state index contributed by atoms with van der Waals surface area (Å²) in [5, 5.41) is 11.1. The Morgan fingerprint density at radius 1 is 1.15 bits per heavy atom. The maximum absolute atomic E-state index is 13.2. The lowest BCUT2D eigenvalue weighted by Gasteiger charge is -2.19. The second-order valence-corrected chi connectivity index (χ2v) is 6.44. The summed E-state index contributed by atoms with van der Waals surface area (Å²) in [6.07, 6.45) is 0.543. The van der Waals surface area contributed by atoms with E-state index in [-0.39, 0.29) is 11.5 Å². The molecule has 6 nitrogen and oxygen atoms in total. The summed E-state index contributed by atoms with van der Waals surface area (Å²) in [6, 6.07) is 11.1. The van der Waals surface area contributed by atoms with Crippen molar-refractivity contribution in [2.45, 2.75) is 26.8 Å². The van der Waals surface area contributed by atoms with Crippen LogP contribution in [0.15, 0.2) is 42.5 Å². The number of non-ortho nitro benzene ring substituents is 1. The van der Waals surface area contributed by atoms with Crippen LogP contribution in [-0.4, -0.2) is 39.0 Å². The zero-order valence-corrected chi connectivity index (χ0v) is 15.6. The minimum atomic E-state index is -0.409. The Labute approximate surface area is 157 Å². The van der Waals surface area contributed by atoms with E-state index in [1.165, 1.54) is 24.3 Å². The van der Waals surface area contributed by atoms with E-state index in [2.05, 4.69) is 28.3 Å². The number of fused-ring (bicyclic) bond motifs is 1. The van der Waals surface area contributed by atoms with Crippen LogP contribution in [0.4, 0.5) is 10.1 Å². The predicted octanol–water partition coefficient (Wildman–Crippen LogP) is 4.02. The first kappa shape index (κ1) is 19.0. The van der Waals surface area contributed by atoms with Gasteiger partial charge >= 0.3 is 0 Å². The molecule has 0 atom stereocenters. The van der Waals surface area contributed by atoms with Crippen molar-refractivity contribution in [3.63, 3.8) is 0 Å². The molecule has 3 aromatic rings. The minimum Gasteiger partial charge on any atom is -0.326 e. The van der Waals surface area contributed by atoms with E-state index >= 15 is 0 Å². The number of nitro benzene ring substituents is 1. The number of benzene rings is 2. The third-order valence-corrected chi connectivity index (χ3v) is 4.83. The van der Waals surface area contributed by atoms with E-state index in [1.807, 2.05) is 0 Å². The monoisotopic (exact) mass is 370 g/mol. The van der Waals surface area contributed by atoms with Gasteiger partial charge in [-0.25, -0.2) is 9.37 Å². The number of halogens is 1. The van der Waals surface area contributed by atoms with E-state index in [4.69, 9.17) is 0 Å². The lowest BCUT2D eigenvalue weighted by atomic mass is 10.1. The number of likely N-dealkylation sites (N-methyl/N-ethyl adjacent to an activating group) is 1. The van der Waals surface area contributed by atoms with E-state index < -0.39 is 4.92 Å². The van der Waals surface area contributed by atoms with Gasteiger partial charge in [0.2, 0.25) is 0 Å². The molecular weight excluding hydrogens is 347 g/mol. The molecule has 0 saturated heterocycles. The van der Waals surface area contributed by atoms with Gasteiger partial charge in [0.25, 0.3) is 5.69 Å². The van der Waals surface area contributed by atoms with Gasteiger partial charge in [-0.1, -0.05) is 26.0 Å². The molecule has 0 radical (unpaired) electrons. The maximum atomic E-state index is 13.2. The van der Waals surface area contributed by atoms with Crippen LogP contribution >= 0.6 is 0 Å². The van der Waals surface area contributed by atoms with Gasteiger partial charge < -0.3 is 9.47 Å². The Morgan fingerprint density at radius 2 is 1.85 bits per heavy atom. The average Bonchev–Trinajstić information content (AvgIpc) is 3.00. The second-order valence-electron chi connectivity index (χ2n) is 6.44. The van der Waals surface area contributed by atoms with Crippen LogP contribution in [0.5, 0.6) is 0 Å². The number of aromatic nitrogens is 2. The first-order valence-electron chi connectivity index (χ1n) is 9.12. The van der Waals surface area contributed by atoms with Gasteiger partial charge in [-0.05, 0) is 36.9 Å². The summed E-state index contributed by atoms with van der Waals surface area (Å²) in [6.45, 7) is 7.78. The molecule has 1 aromatic heterocycles. The number of hydrogen-bond donors (Lipinski definition) is 0. The molecule has 0 aliphatic carbocycles. The molecule has 2 aromatic carbocycles. The molecule has 3 rings (SSSR count). The predicted molar refractivity (Wildman–Crippen MR) is 103 cm³/mol. The van der Waals surface area contributed by atoms with Crippen molar-refractivity contribution in [3.05, 3.63) is 69.8 Å². The van der Waals surface area contributed by atoms with E-state index in [0.717, 1.165) is 43.1 Å². The zero-order chi connectivity index (χ0) is 19.4. The SMILES string of the molecule is CCN(CC)CCn1c(Cc2ccc(F)cc2)nc2cc([N+](=O)[O-])ccc21. The first-order chi connectivity index (χ1) is 13.0. The molecule has 0 saturated carbocycles. The van der Waals surface area contributed by atoms with Gasteiger partial charge in [0, 0.05) is 31.6 Å². The summed E-state index contributed by atoms with van der Waals surface area (Å²) >= 11 is 0. The summed E-state index contributed by atoms with van der Waals surface area (Å²) in [4.78, 5) is 17.6. The normalized spacial score (nSPS) is 11.4. The van der Waals surface area contributed by atoms with Crippen LogP contribution in [0, 0.1) is 15.9 Å². The van der Waals surface area contributed by atoms with Crippen molar-refractivity contribution in [2.75, 3.05) is 19.6 Å². The average molecular weight is 370 g/mol. The van der Waals surface area contributed by atoms with Crippen molar-refractivity contribution in [2.24, 2.45) is 0 Å². The Bertz CT molecular complexity index is 933. The molecule has 0 aliphatic rings. The van der Waals surface area contributed by atoms with Crippen molar-refractivity contribution in [1.29, 1.82) is 0 Å². The molecule has 27 heavy (non-hydrogen) atoms. The number of imidazole rings is 1. The van der Waals surface area contributed by atoms with Crippen LogP contribution in [0.2, 0.25) is 0 Å². The molecule has 1 heterocycles. The topological polar surface area (TPSA) is 64.2 Å². The molecule has 0 amide bonds. The summed E-state index contributed by atoms with van der Waals surface area (Å²) in [7, 11) is 0. The highest BCUT2D eigenvalue weighted by Gasteiger charge is 2.15. The standard InChI is InChI=1S/C20H23FN4O2/c1-3-23(4-2)11-12-24-19-10-9-17(25(26)27)14-18(19)22-20(24)13-15-5-7-16(21)8-6-15/h5-10,14H,3-4,11-13H2,1-2H3. The van der Waals surface area contributed by atoms with Crippen molar-refractivity contribution >= 4 is 16.7 Å². The highest BCUT2D eigenvalue weighted by Crippen LogP contribution is 2.23. The largest absolute Gasteiger partial charge is 0.326 e. The van der Waals surface area contributed by atoms with Crippen LogP contribution in [0.25, 0.3) is 11.0 Å². The van der Waals surface area contributed by atoms with Crippen LogP contribution in [0.1, 0.15) is 25.2 Å². The van der Waals surface area contributed by atoms with Crippen molar-refractivity contribution < 1.29 is 9.31 Å². The Hall–Kier alpha value is -2.80. The summed E-state index contributed by atoms with van der Waals surface area (Å²) in [5.74, 6) is 0.550. The lowest BCUT2D eigenvalue weighted by Crippen LogP contribution is -2.27. The number of hydrogen-bond acceptors (Lipinski definition) is 4. The van der Waals surface area contributed by atoms with Gasteiger partial charge in [-0.15, -0.1) is 0 Å². The van der Waals surface area contributed by atoms with Crippen LogP contribution in [0.3, 0.4) is 0 Å². The molecule has 0 bridgehead atoms. The second kappa shape index (κ2) is 8.26. The Balaban J connectivity index is 1.98. The molecule has 0 unspecified atom stereocenters. The van der Waals surface area contributed by atoms with Gasteiger partial charge in [0.15, 0.2) is 0 Å². The van der Waals surface area contributed by atoms with Crippen molar-refractivity contribution in [1.82, 2.24) is 14.5 Å². The quantitative estimate of drug-likeness (QED) is 0.444. The van der Waals surface area contributed by atoms with E-state index in [9.17, 15) is 14.5 Å². The number of rotatable bonds is 8. The Morgan fingerprint density at radius 3 is 2.48 bits per heavy atom. The van der Waals surface area contributed by atoms with E-state index in [0.29, 0.717) is 11.9 Å². The fourth-order valence-corrected chi connectivity index (χ4v) is 3.23. The van der Waals surface area contributed by atoms with Crippen LogP contribution in [-0.2, 0) is 13.0 Å².